The van der Waals surface area contributed by atoms with E-state index in [-0.39, 0.29) is 17.7 Å². The molecule has 3 aromatic rings. The van der Waals surface area contributed by atoms with Crippen LogP contribution >= 0.6 is 15.9 Å². The zero-order chi connectivity index (χ0) is 26.2. The van der Waals surface area contributed by atoms with E-state index in [1.54, 1.807) is 18.2 Å². The second kappa shape index (κ2) is 12.7. The summed E-state index contributed by atoms with van der Waals surface area (Å²) >= 11 is 3.44. The fourth-order valence-corrected chi connectivity index (χ4v) is 4.85. The molecule has 0 aliphatic carbocycles. The number of anilines is 3. The van der Waals surface area contributed by atoms with E-state index < -0.39 is 0 Å². The Kier molecular flexibility index (Phi) is 9.14. The molecule has 1 fully saturated rings. The van der Waals surface area contributed by atoms with Crippen LogP contribution in [0.3, 0.4) is 0 Å². The van der Waals surface area contributed by atoms with Crippen LogP contribution in [0.2, 0.25) is 0 Å². The predicted molar refractivity (Wildman–Crippen MR) is 155 cm³/mol. The minimum Gasteiger partial charge on any atom is -0.397 e. The Morgan fingerprint density at radius 3 is 2.35 bits per heavy atom. The van der Waals surface area contributed by atoms with Gasteiger partial charge in [0, 0.05) is 16.2 Å². The first kappa shape index (κ1) is 26.6. The topological polar surface area (TPSA) is 87.5 Å². The minimum atomic E-state index is -0.254. The first-order chi connectivity index (χ1) is 17.9. The number of nitrogens with zero attached hydrogens (tertiary/aromatic N) is 1. The van der Waals surface area contributed by atoms with Crippen LogP contribution in [-0.2, 0) is 9.59 Å². The normalized spacial score (nSPS) is 15.4. The Labute approximate surface area is 227 Å². The number of nitrogens with two attached hydrogens (primary N) is 1. The molecule has 1 saturated heterocycles. The highest BCUT2D eigenvalue weighted by Crippen LogP contribution is 2.31. The van der Waals surface area contributed by atoms with Gasteiger partial charge in [-0.05, 0) is 98.9 Å². The number of rotatable bonds is 8. The van der Waals surface area contributed by atoms with Crippen molar-refractivity contribution in [3.8, 4) is 0 Å². The monoisotopic (exact) mass is 560 g/mol. The van der Waals surface area contributed by atoms with Gasteiger partial charge in [0.1, 0.15) is 0 Å². The number of nitrogen functional groups attached to an aromatic ring is 1. The number of nitrogens with one attached hydrogen (secondary N) is 2. The smallest absolute Gasteiger partial charge is 0.248 e. The number of carbonyl (C=O) groups excluding carboxylic acids is 2. The zero-order valence-electron chi connectivity index (χ0n) is 21.0. The van der Waals surface area contributed by atoms with Gasteiger partial charge in [-0.1, -0.05) is 52.3 Å². The predicted octanol–water partition coefficient (Wildman–Crippen LogP) is 6.14. The van der Waals surface area contributed by atoms with Crippen LogP contribution < -0.4 is 16.4 Å². The van der Waals surface area contributed by atoms with Gasteiger partial charge in [-0.15, -0.1) is 0 Å². The lowest BCUT2D eigenvalue weighted by atomic mass is 9.83. The highest BCUT2D eigenvalue weighted by molar-refractivity contribution is 9.10. The lowest BCUT2D eigenvalue weighted by Crippen LogP contribution is -2.32. The summed E-state index contributed by atoms with van der Waals surface area (Å²) in [5.41, 5.74) is 9.65. The van der Waals surface area contributed by atoms with Gasteiger partial charge in [-0.2, -0.15) is 0 Å². The van der Waals surface area contributed by atoms with Crippen LogP contribution in [0.1, 0.15) is 36.3 Å². The molecule has 0 saturated carbocycles. The molecule has 192 valence electrons. The molecule has 1 aliphatic rings. The second-order valence-corrected chi connectivity index (χ2v) is 10.5. The molecular formula is C30H33BrN4O2. The quantitative estimate of drug-likeness (QED) is 0.228. The van der Waals surface area contributed by atoms with E-state index in [4.69, 9.17) is 5.73 Å². The maximum atomic E-state index is 13.4. The number of halogens is 1. The van der Waals surface area contributed by atoms with Gasteiger partial charge in [0.25, 0.3) is 0 Å². The maximum Gasteiger partial charge on any atom is 0.248 e. The van der Waals surface area contributed by atoms with Crippen LogP contribution in [0.25, 0.3) is 6.08 Å². The molecule has 1 aliphatic heterocycles. The number of carbonyl (C=O) groups is 2. The van der Waals surface area contributed by atoms with Gasteiger partial charge in [0.05, 0.1) is 17.3 Å². The van der Waals surface area contributed by atoms with Crippen molar-refractivity contribution < 1.29 is 9.59 Å². The summed E-state index contributed by atoms with van der Waals surface area (Å²) < 4.78 is 0.970. The van der Waals surface area contributed by atoms with Gasteiger partial charge < -0.3 is 21.3 Å². The number of para-hydroxylation sites is 2. The van der Waals surface area contributed by atoms with Gasteiger partial charge in [0.2, 0.25) is 11.8 Å². The van der Waals surface area contributed by atoms with Crippen molar-refractivity contribution in [1.82, 2.24) is 4.90 Å². The summed E-state index contributed by atoms with van der Waals surface area (Å²) in [5, 5.41) is 5.89. The van der Waals surface area contributed by atoms with Crippen molar-refractivity contribution in [2.45, 2.75) is 25.2 Å². The molecule has 4 rings (SSSR count). The van der Waals surface area contributed by atoms with Crippen molar-refractivity contribution >= 4 is 50.9 Å². The summed E-state index contributed by atoms with van der Waals surface area (Å²) in [6, 6.07) is 22.7. The molecule has 0 bridgehead atoms. The van der Waals surface area contributed by atoms with Crippen LogP contribution in [0.4, 0.5) is 17.1 Å². The van der Waals surface area contributed by atoms with Crippen LogP contribution in [0.5, 0.6) is 0 Å². The maximum absolute atomic E-state index is 13.4. The molecule has 7 heteroatoms. The number of amides is 2. The first-order valence-corrected chi connectivity index (χ1v) is 13.3. The average Bonchev–Trinajstić information content (AvgIpc) is 2.90. The van der Waals surface area contributed by atoms with Gasteiger partial charge in [-0.25, -0.2) is 0 Å². The molecule has 1 atom stereocenters. The van der Waals surface area contributed by atoms with Crippen LogP contribution in [0.15, 0.2) is 83.3 Å². The Hall–Kier alpha value is -3.42. The lowest BCUT2D eigenvalue weighted by molar-refractivity contribution is -0.118. The van der Waals surface area contributed by atoms with Gasteiger partial charge in [0.15, 0.2) is 0 Å². The summed E-state index contributed by atoms with van der Waals surface area (Å²) in [5.74, 6) is 0.00496. The van der Waals surface area contributed by atoms with E-state index in [2.05, 4.69) is 38.5 Å². The summed E-state index contributed by atoms with van der Waals surface area (Å²) in [6.45, 7) is 2.12. The summed E-state index contributed by atoms with van der Waals surface area (Å²) in [6.07, 6.45) is 6.25. The zero-order valence-corrected chi connectivity index (χ0v) is 22.6. The molecule has 2 amide bonds. The number of hydrogen-bond acceptors (Lipinski definition) is 4. The molecule has 4 N–H and O–H groups in total. The van der Waals surface area contributed by atoms with Gasteiger partial charge >= 0.3 is 0 Å². The number of piperidine rings is 1. The number of hydrogen-bond donors (Lipinski definition) is 3. The van der Waals surface area contributed by atoms with E-state index >= 15 is 0 Å². The van der Waals surface area contributed by atoms with Crippen LogP contribution in [0, 0.1) is 5.92 Å². The standard InChI is InChI=1S/C30H33BrN4O2/c1-35-18-16-22(17-19-35)20-26(30(37)33-25-13-11-24(31)12-14-25)23-9-6-21(7-10-23)8-15-29(36)34-28-5-3-2-4-27(28)32/h2-15,22,26H,16-20,32H2,1H3,(H,33,37)(H,34,36)/b15-8+. The molecule has 1 unspecified atom stereocenters. The molecule has 0 aromatic heterocycles. The fourth-order valence-electron chi connectivity index (χ4n) is 4.58. The number of benzene rings is 3. The Morgan fingerprint density at radius 1 is 1.00 bits per heavy atom. The van der Waals surface area contributed by atoms with Crippen molar-refractivity contribution in [3.05, 3.63) is 94.5 Å². The Morgan fingerprint density at radius 2 is 1.68 bits per heavy atom. The van der Waals surface area contributed by atoms with E-state index in [0.29, 0.717) is 17.3 Å². The Bertz CT molecular complexity index is 1230. The van der Waals surface area contributed by atoms with Crippen molar-refractivity contribution in [2.24, 2.45) is 5.92 Å². The third kappa shape index (κ3) is 7.78. The Balaban J connectivity index is 1.46. The highest BCUT2D eigenvalue weighted by atomic mass is 79.9. The van der Waals surface area contributed by atoms with Crippen LogP contribution in [-0.4, -0.2) is 36.9 Å². The van der Waals surface area contributed by atoms with Crippen molar-refractivity contribution in [1.29, 1.82) is 0 Å². The third-order valence-corrected chi connectivity index (χ3v) is 7.35. The lowest BCUT2D eigenvalue weighted by Gasteiger charge is -2.31. The largest absolute Gasteiger partial charge is 0.397 e. The highest BCUT2D eigenvalue weighted by Gasteiger charge is 2.27. The second-order valence-electron chi connectivity index (χ2n) is 9.61. The van der Waals surface area contributed by atoms with Gasteiger partial charge in [-0.3, -0.25) is 9.59 Å². The third-order valence-electron chi connectivity index (χ3n) is 6.82. The molecular weight excluding hydrogens is 528 g/mol. The summed E-state index contributed by atoms with van der Waals surface area (Å²) in [7, 11) is 2.15. The van der Waals surface area contributed by atoms with E-state index in [1.807, 2.05) is 60.7 Å². The summed E-state index contributed by atoms with van der Waals surface area (Å²) in [4.78, 5) is 28.1. The average molecular weight is 562 g/mol. The molecule has 1 heterocycles. The van der Waals surface area contributed by atoms with Crippen molar-refractivity contribution in [3.63, 3.8) is 0 Å². The van der Waals surface area contributed by atoms with E-state index in [0.717, 1.165) is 53.6 Å². The molecule has 0 radical (unpaired) electrons. The fraction of sp³-hybridized carbons (Fsp3) is 0.267. The molecule has 37 heavy (non-hydrogen) atoms. The number of likely N-dealkylation sites (tertiary alicyclic amines) is 1. The van der Waals surface area contributed by atoms with E-state index in [9.17, 15) is 9.59 Å². The van der Waals surface area contributed by atoms with Crippen molar-refractivity contribution in [2.75, 3.05) is 36.5 Å². The molecule has 0 spiro atoms. The van der Waals surface area contributed by atoms with E-state index in [1.165, 1.54) is 6.08 Å². The first-order valence-electron chi connectivity index (χ1n) is 12.6. The molecule has 3 aromatic carbocycles. The molecule has 6 nitrogen and oxygen atoms in total. The minimum absolute atomic E-state index is 0.00405. The SMILES string of the molecule is CN1CCC(CC(C(=O)Nc2ccc(Br)cc2)c2ccc(/C=C/C(=O)Nc3ccccc3N)cc2)CC1.